The molecule has 142 valence electrons. The lowest BCUT2D eigenvalue weighted by Gasteiger charge is -2.10. The van der Waals surface area contributed by atoms with Crippen molar-refractivity contribution in [3.05, 3.63) is 46.7 Å². The second-order valence-corrected chi connectivity index (χ2v) is 7.68. The SMILES string of the molecule is CCCOc1ccc(CNC(=O)c2cc(S(=O)(=O)NC)oc2C)c(C)c1. The first kappa shape index (κ1) is 20.0. The normalized spacial score (nSPS) is 11.4. The van der Waals surface area contributed by atoms with Gasteiger partial charge in [0, 0.05) is 12.6 Å². The van der Waals surface area contributed by atoms with Gasteiger partial charge >= 0.3 is 0 Å². The van der Waals surface area contributed by atoms with Crippen LogP contribution in [0.1, 0.15) is 40.6 Å². The molecule has 2 aromatic rings. The van der Waals surface area contributed by atoms with Crippen LogP contribution in [0.2, 0.25) is 0 Å². The second kappa shape index (κ2) is 8.37. The van der Waals surface area contributed by atoms with E-state index in [9.17, 15) is 13.2 Å². The Morgan fingerprint density at radius 3 is 2.58 bits per heavy atom. The standard InChI is InChI=1S/C18H24N2O5S/c1-5-8-24-15-7-6-14(12(2)9-15)11-20-18(21)16-10-17(25-13(16)3)26(22,23)19-4/h6-7,9-10,19H,5,8,11H2,1-4H3,(H,20,21). The van der Waals surface area contributed by atoms with Gasteiger partial charge in [0.25, 0.3) is 15.9 Å². The highest BCUT2D eigenvalue weighted by molar-refractivity contribution is 7.89. The highest BCUT2D eigenvalue weighted by Crippen LogP contribution is 2.20. The van der Waals surface area contributed by atoms with E-state index in [2.05, 4.69) is 10.0 Å². The fraction of sp³-hybridized carbons (Fsp3) is 0.389. The number of hydrogen-bond acceptors (Lipinski definition) is 5. The molecule has 0 atom stereocenters. The largest absolute Gasteiger partial charge is 0.494 e. The van der Waals surface area contributed by atoms with Gasteiger partial charge in [0.15, 0.2) is 0 Å². The molecule has 2 rings (SSSR count). The number of aryl methyl sites for hydroxylation is 2. The smallest absolute Gasteiger partial charge is 0.273 e. The Morgan fingerprint density at radius 2 is 1.96 bits per heavy atom. The number of amides is 1. The molecule has 0 aliphatic carbocycles. The maximum absolute atomic E-state index is 12.4. The van der Waals surface area contributed by atoms with Gasteiger partial charge in [-0.2, -0.15) is 0 Å². The quantitative estimate of drug-likeness (QED) is 0.733. The van der Waals surface area contributed by atoms with Crippen molar-refractivity contribution >= 4 is 15.9 Å². The predicted molar refractivity (Wildman–Crippen MR) is 97.8 cm³/mol. The van der Waals surface area contributed by atoms with Crippen LogP contribution in [0.4, 0.5) is 0 Å². The number of ether oxygens (including phenoxy) is 1. The number of rotatable bonds is 8. The molecule has 1 aromatic heterocycles. The number of benzene rings is 1. The van der Waals surface area contributed by atoms with Gasteiger partial charge in [-0.05, 0) is 50.6 Å². The minimum atomic E-state index is -3.73. The van der Waals surface area contributed by atoms with E-state index in [4.69, 9.17) is 9.15 Å². The average Bonchev–Trinajstić information content (AvgIpc) is 3.01. The predicted octanol–water partition coefficient (Wildman–Crippen LogP) is 2.52. The van der Waals surface area contributed by atoms with E-state index in [0.29, 0.717) is 13.2 Å². The zero-order valence-corrected chi connectivity index (χ0v) is 16.2. The Kier molecular flexibility index (Phi) is 6.44. The first-order valence-electron chi connectivity index (χ1n) is 8.33. The third-order valence-corrected chi connectivity index (χ3v) is 5.17. The van der Waals surface area contributed by atoms with Crippen molar-refractivity contribution in [1.82, 2.24) is 10.0 Å². The van der Waals surface area contributed by atoms with Crippen LogP contribution < -0.4 is 14.8 Å². The molecule has 0 saturated heterocycles. The van der Waals surface area contributed by atoms with Gasteiger partial charge in [-0.3, -0.25) is 4.79 Å². The molecule has 0 bridgehead atoms. The molecule has 26 heavy (non-hydrogen) atoms. The molecular weight excluding hydrogens is 356 g/mol. The highest BCUT2D eigenvalue weighted by Gasteiger charge is 2.22. The third-order valence-electron chi connectivity index (χ3n) is 3.90. The van der Waals surface area contributed by atoms with Gasteiger partial charge in [-0.1, -0.05) is 13.0 Å². The molecule has 2 N–H and O–H groups in total. The summed E-state index contributed by atoms with van der Waals surface area (Å²) in [5.41, 5.74) is 2.15. The zero-order chi connectivity index (χ0) is 19.3. The Balaban J connectivity index is 2.07. The molecule has 1 aromatic carbocycles. The topological polar surface area (TPSA) is 97.6 Å². The van der Waals surface area contributed by atoms with Crippen molar-refractivity contribution in [2.45, 2.75) is 38.8 Å². The Bertz CT molecular complexity index is 887. The maximum Gasteiger partial charge on any atom is 0.273 e. The molecule has 1 heterocycles. The van der Waals surface area contributed by atoms with Crippen LogP contribution >= 0.6 is 0 Å². The van der Waals surface area contributed by atoms with Gasteiger partial charge in [0.05, 0.1) is 12.2 Å². The molecule has 0 fully saturated rings. The van der Waals surface area contributed by atoms with Crippen molar-refractivity contribution < 1.29 is 22.4 Å². The Labute approximate surface area is 153 Å². The summed E-state index contributed by atoms with van der Waals surface area (Å²) in [4.78, 5) is 12.4. The van der Waals surface area contributed by atoms with Crippen molar-refractivity contribution in [1.29, 1.82) is 0 Å². The summed E-state index contributed by atoms with van der Waals surface area (Å²) in [7, 11) is -2.45. The van der Waals surface area contributed by atoms with E-state index in [0.717, 1.165) is 23.3 Å². The summed E-state index contributed by atoms with van der Waals surface area (Å²) in [6.45, 7) is 6.52. The number of furan rings is 1. The lowest BCUT2D eigenvalue weighted by Crippen LogP contribution is -2.23. The van der Waals surface area contributed by atoms with Crippen LogP contribution in [-0.2, 0) is 16.6 Å². The van der Waals surface area contributed by atoms with Crippen molar-refractivity contribution in [2.75, 3.05) is 13.7 Å². The van der Waals surface area contributed by atoms with Crippen LogP contribution in [0, 0.1) is 13.8 Å². The fourth-order valence-electron chi connectivity index (χ4n) is 2.36. The van der Waals surface area contributed by atoms with E-state index in [1.54, 1.807) is 6.92 Å². The van der Waals surface area contributed by atoms with E-state index in [-0.39, 0.29) is 16.4 Å². The zero-order valence-electron chi connectivity index (χ0n) is 15.4. The van der Waals surface area contributed by atoms with Crippen LogP contribution in [0.3, 0.4) is 0 Å². The Morgan fingerprint density at radius 1 is 1.23 bits per heavy atom. The van der Waals surface area contributed by atoms with Crippen LogP contribution in [-0.4, -0.2) is 28.0 Å². The molecule has 0 spiro atoms. The summed E-state index contributed by atoms with van der Waals surface area (Å²) < 4.78 is 36.5. The summed E-state index contributed by atoms with van der Waals surface area (Å²) in [6.07, 6.45) is 0.937. The van der Waals surface area contributed by atoms with E-state index >= 15 is 0 Å². The maximum atomic E-state index is 12.4. The monoisotopic (exact) mass is 380 g/mol. The summed E-state index contributed by atoms with van der Waals surface area (Å²) in [6, 6.07) is 6.92. The van der Waals surface area contributed by atoms with Gasteiger partial charge in [-0.25, -0.2) is 13.1 Å². The minimum Gasteiger partial charge on any atom is -0.494 e. The molecule has 0 radical (unpaired) electrons. The van der Waals surface area contributed by atoms with Gasteiger partial charge in [-0.15, -0.1) is 0 Å². The Hall–Kier alpha value is -2.32. The number of carbonyl (C=O) groups is 1. The molecular formula is C18H24N2O5S. The van der Waals surface area contributed by atoms with Crippen LogP contribution in [0.5, 0.6) is 5.75 Å². The van der Waals surface area contributed by atoms with Crippen molar-refractivity contribution in [3.8, 4) is 5.75 Å². The van der Waals surface area contributed by atoms with E-state index < -0.39 is 15.9 Å². The fourth-order valence-corrected chi connectivity index (χ4v) is 3.07. The average molecular weight is 380 g/mol. The van der Waals surface area contributed by atoms with Gasteiger partial charge < -0.3 is 14.5 Å². The van der Waals surface area contributed by atoms with Gasteiger partial charge in [0.1, 0.15) is 11.5 Å². The molecule has 8 heteroatoms. The summed E-state index contributed by atoms with van der Waals surface area (Å²) in [5, 5.41) is 2.51. The first-order chi connectivity index (χ1) is 12.3. The lowest BCUT2D eigenvalue weighted by atomic mass is 10.1. The molecule has 0 aliphatic heterocycles. The lowest BCUT2D eigenvalue weighted by molar-refractivity contribution is 0.0949. The van der Waals surface area contributed by atoms with E-state index in [1.165, 1.54) is 13.1 Å². The summed E-state index contributed by atoms with van der Waals surface area (Å²) in [5.74, 6) is 0.651. The molecule has 0 unspecified atom stereocenters. The van der Waals surface area contributed by atoms with Crippen LogP contribution in [0.25, 0.3) is 0 Å². The first-order valence-corrected chi connectivity index (χ1v) is 9.81. The van der Waals surface area contributed by atoms with E-state index in [1.807, 2.05) is 32.0 Å². The van der Waals surface area contributed by atoms with Crippen molar-refractivity contribution in [2.24, 2.45) is 0 Å². The number of sulfonamides is 1. The molecule has 0 saturated carbocycles. The molecule has 7 nitrogen and oxygen atoms in total. The number of carbonyl (C=O) groups excluding carboxylic acids is 1. The second-order valence-electron chi connectivity index (χ2n) is 5.86. The minimum absolute atomic E-state index is 0.194. The van der Waals surface area contributed by atoms with Crippen molar-refractivity contribution in [3.63, 3.8) is 0 Å². The van der Waals surface area contributed by atoms with Crippen LogP contribution in [0.15, 0.2) is 33.8 Å². The molecule has 0 aliphatic rings. The van der Waals surface area contributed by atoms with Gasteiger partial charge in [0.2, 0.25) is 5.09 Å². The third kappa shape index (κ3) is 4.64. The number of hydrogen-bond donors (Lipinski definition) is 2. The summed E-state index contributed by atoms with van der Waals surface area (Å²) >= 11 is 0. The molecule has 1 amide bonds. The highest BCUT2D eigenvalue weighted by atomic mass is 32.2. The number of nitrogens with one attached hydrogen (secondary N) is 2.